The minimum absolute atomic E-state index is 0.0831. The van der Waals surface area contributed by atoms with Crippen LogP contribution in [0.1, 0.15) is 85.5 Å². The van der Waals surface area contributed by atoms with Gasteiger partial charge < -0.3 is 24.8 Å². The summed E-state index contributed by atoms with van der Waals surface area (Å²) in [7, 11) is 0. The number of hydrogen-bond acceptors (Lipinski definition) is 5. The number of nitrogens with zero attached hydrogens (tertiary/aromatic N) is 2. The monoisotopic (exact) mass is 736 g/mol. The van der Waals surface area contributed by atoms with Gasteiger partial charge in [-0.1, -0.05) is 65.2 Å². The number of ether oxygens (including phenoxy) is 2. The molecule has 11 heteroatoms. The van der Waals surface area contributed by atoms with E-state index in [2.05, 4.69) is 18.8 Å². The number of aromatic carboxylic acids is 1. The van der Waals surface area contributed by atoms with Crippen LogP contribution in [0.15, 0.2) is 72.4 Å². The van der Waals surface area contributed by atoms with Crippen molar-refractivity contribution in [2.45, 2.75) is 70.1 Å². The largest absolute Gasteiger partial charge is 0.478 e. The molecule has 0 unspecified atom stereocenters. The first-order valence-electron chi connectivity index (χ1n) is 18.6. The fraction of sp³-hybridized carbons (Fsp3) is 0.476. The zero-order valence-corrected chi connectivity index (χ0v) is 30.9. The van der Waals surface area contributed by atoms with E-state index in [4.69, 9.17) is 9.47 Å². The number of nitrogens with one attached hydrogen (secondary N) is 1. The first-order valence-corrected chi connectivity index (χ1v) is 18.6. The molecule has 2 saturated heterocycles. The molecule has 0 amide bonds. The third-order valence-electron chi connectivity index (χ3n) is 10.5. The highest BCUT2D eigenvalue weighted by Crippen LogP contribution is 2.52. The van der Waals surface area contributed by atoms with Crippen molar-refractivity contribution in [2.75, 3.05) is 64.1 Å². The fourth-order valence-electron chi connectivity index (χ4n) is 7.53. The number of alkyl halides is 4. The summed E-state index contributed by atoms with van der Waals surface area (Å²) in [6, 6.07) is 10.7. The summed E-state index contributed by atoms with van der Waals surface area (Å²) in [5.74, 6) is -6.63. The van der Waals surface area contributed by atoms with Crippen molar-refractivity contribution in [1.29, 1.82) is 0 Å². The van der Waals surface area contributed by atoms with E-state index in [1.165, 1.54) is 25.7 Å². The summed E-state index contributed by atoms with van der Waals surface area (Å²) < 4.78 is 68.7. The van der Waals surface area contributed by atoms with Crippen molar-refractivity contribution in [3.05, 3.63) is 100 Å². The molecule has 2 aliphatic carbocycles. The van der Waals surface area contributed by atoms with E-state index in [0.29, 0.717) is 60.2 Å². The molecule has 53 heavy (non-hydrogen) atoms. The maximum absolute atomic E-state index is 13.9. The van der Waals surface area contributed by atoms with Crippen molar-refractivity contribution in [2.24, 2.45) is 0 Å². The lowest BCUT2D eigenvalue weighted by atomic mass is 9.64. The Labute approximate surface area is 309 Å². The standard InChI is InChI=1S/C42H49F4N3O4/c1-5-6-7-8-9-17-52-19-20-53-18-16-47-28(2)29-10-13-32(39(50)51)35(21-29)38-33-14-11-30(48-24-41(43,44)25-48)22-36(33)40(3,4)37-23-31(12-15-34(37)38)49-26-42(45,46)27-49/h10-15,21-23,47H,2,5-9,16-20,24-27H2,1,3-4H3/p+1. The summed E-state index contributed by atoms with van der Waals surface area (Å²) >= 11 is 0. The maximum Gasteiger partial charge on any atom is 0.361 e. The molecule has 0 spiro atoms. The van der Waals surface area contributed by atoms with Gasteiger partial charge in [0.2, 0.25) is 18.8 Å². The molecule has 6 rings (SSSR count). The Morgan fingerprint density at radius 2 is 1.62 bits per heavy atom. The Bertz CT molecular complexity index is 1860. The van der Waals surface area contributed by atoms with Crippen LogP contribution in [0.2, 0.25) is 0 Å². The Morgan fingerprint density at radius 3 is 2.30 bits per heavy atom. The molecule has 2 fully saturated rings. The number of carboxylic acid groups (broad SMARTS) is 1. The molecule has 2 aliphatic heterocycles. The third kappa shape index (κ3) is 8.46. The second-order valence-corrected chi connectivity index (χ2v) is 15.0. The number of halogens is 4. The number of carbonyl (C=O) groups is 1. The highest BCUT2D eigenvalue weighted by Gasteiger charge is 2.51. The summed E-state index contributed by atoms with van der Waals surface area (Å²) in [6.07, 6.45) is 11.5. The molecule has 0 radical (unpaired) electrons. The van der Waals surface area contributed by atoms with E-state index in [1.54, 1.807) is 33.8 Å². The number of allylic oxidation sites excluding steroid dienone is 5. The van der Waals surface area contributed by atoms with Crippen LogP contribution in [0, 0.1) is 0 Å². The maximum atomic E-state index is 13.9. The van der Waals surface area contributed by atoms with Gasteiger partial charge in [0.1, 0.15) is 0 Å². The average molecular weight is 737 g/mol. The van der Waals surface area contributed by atoms with Crippen LogP contribution in [0.3, 0.4) is 0 Å². The molecule has 2 aromatic rings. The van der Waals surface area contributed by atoms with Crippen molar-refractivity contribution in [3.63, 3.8) is 0 Å². The van der Waals surface area contributed by atoms with Crippen LogP contribution >= 0.6 is 0 Å². The van der Waals surface area contributed by atoms with Crippen LogP contribution in [0.25, 0.3) is 11.3 Å². The lowest BCUT2D eigenvalue weighted by Gasteiger charge is -2.43. The van der Waals surface area contributed by atoms with Crippen LogP contribution in [-0.2, 0) is 14.9 Å². The number of hydrogen-bond donors (Lipinski definition) is 2. The number of anilines is 1. The Hall–Kier alpha value is -4.22. The van der Waals surface area contributed by atoms with E-state index in [-0.39, 0.29) is 31.7 Å². The number of rotatable bonds is 17. The molecule has 4 aliphatic rings. The van der Waals surface area contributed by atoms with E-state index in [9.17, 15) is 27.5 Å². The fourth-order valence-corrected chi connectivity index (χ4v) is 7.53. The van der Waals surface area contributed by atoms with E-state index >= 15 is 0 Å². The zero-order chi connectivity index (χ0) is 38.0. The first kappa shape index (κ1) is 38.5. The summed E-state index contributed by atoms with van der Waals surface area (Å²) in [4.78, 5) is 14.4. The van der Waals surface area contributed by atoms with Gasteiger partial charge in [0, 0.05) is 42.1 Å². The smallest absolute Gasteiger partial charge is 0.361 e. The predicted octanol–water partition coefficient (Wildman–Crippen LogP) is 8.10. The summed E-state index contributed by atoms with van der Waals surface area (Å²) in [6.45, 7) is 11.6. The van der Waals surface area contributed by atoms with Crippen molar-refractivity contribution in [1.82, 2.24) is 5.32 Å². The number of carboxylic acids is 1. The second-order valence-electron chi connectivity index (χ2n) is 15.0. The van der Waals surface area contributed by atoms with Crippen LogP contribution in [0.4, 0.5) is 23.2 Å². The third-order valence-corrected chi connectivity index (χ3v) is 10.5. The molecular formula is C42H50F4N3O4+. The molecule has 0 bridgehead atoms. The molecule has 0 aromatic heterocycles. The van der Waals surface area contributed by atoms with Gasteiger partial charge in [-0.3, -0.25) is 0 Å². The Balaban J connectivity index is 1.27. The minimum atomic E-state index is -2.76. The SMILES string of the molecule is C=C(NCCOCCOCCCCCCC)c1ccc(C(=O)O)c(C2=C3C=CC(=[N+]4CC(F)(F)C4)C=C3C(C)(C)c3cc(N4CC(F)(F)C4)ccc32)c1. The van der Waals surface area contributed by atoms with Gasteiger partial charge in [0.15, 0.2) is 0 Å². The van der Waals surface area contributed by atoms with Crippen molar-refractivity contribution in [3.8, 4) is 0 Å². The molecule has 0 saturated carbocycles. The van der Waals surface area contributed by atoms with Gasteiger partial charge in [0.05, 0.1) is 38.5 Å². The van der Waals surface area contributed by atoms with Crippen LogP contribution < -0.4 is 10.2 Å². The van der Waals surface area contributed by atoms with E-state index in [0.717, 1.165) is 35.3 Å². The van der Waals surface area contributed by atoms with Gasteiger partial charge in [0.25, 0.3) is 5.92 Å². The summed E-state index contributed by atoms with van der Waals surface area (Å²) in [5, 5.41) is 13.7. The first-order chi connectivity index (χ1) is 25.2. The van der Waals surface area contributed by atoms with Crippen molar-refractivity contribution >= 4 is 28.6 Å². The molecule has 0 atom stereocenters. The highest BCUT2D eigenvalue weighted by molar-refractivity contribution is 6.08. The highest BCUT2D eigenvalue weighted by atomic mass is 19.3. The van der Waals surface area contributed by atoms with Gasteiger partial charge >= 0.3 is 11.9 Å². The van der Waals surface area contributed by atoms with Crippen LogP contribution in [-0.4, -0.2) is 92.4 Å². The average Bonchev–Trinajstić information content (AvgIpc) is 3.09. The predicted molar refractivity (Wildman–Crippen MR) is 201 cm³/mol. The molecule has 7 nitrogen and oxygen atoms in total. The molecule has 2 heterocycles. The molecule has 2 aromatic carbocycles. The molecular weight excluding hydrogens is 686 g/mol. The lowest BCUT2D eigenvalue weighted by molar-refractivity contribution is -0.638. The minimum Gasteiger partial charge on any atom is -0.478 e. The normalized spacial score (nSPS) is 19.2. The molecule has 284 valence electrons. The number of fused-ring (bicyclic) bond motifs is 2. The number of benzene rings is 2. The Kier molecular flexibility index (Phi) is 11.4. The lowest BCUT2D eigenvalue weighted by Crippen LogP contribution is -2.56. The van der Waals surface area contributed by atoms with Crippen molar-refractivity contribution < 1.29 is 41.5 Å². The Morgan fingerprint density at radius 1 is 0.906 bits per heavy atom. The number of unbranched alkanes of at least 4 members (excludes halogenated alkanes) is 4. The van der Waals surface area contributed by atoms with Gasteiger partial charge in [-0.2, -0.15) is 8.78 Å². The van der Waals surface area contributed by atoms with E-state index in [1.807, 2.05) is 44.2 Å². The quantitative estimate of drug-likeness (QED) is 0.0973. The van der Waals surface area contributed by atoms with Gasteiger partial charge in [-0.05, 0) is 75.7 Å². The molecule has 2 N–H and O–H groups in total. The van der Waals surface area contributed by atoms with Crippen LogP contribution in [0.5, 0.6) is 0 Å². The second kappa shape index (κ2) is 15.6. The van der Waals surface area contributed by atoms with E-state index < -0.39 is 23.2 Å². The topological polar surface area (TPSA) is 74.0 Å². The zero-order valence-electron chi connectivity index (χ0n) is 30.9. The van der Waals surface area contributed by atoms with Gasteiger partial charge in [-0.15, -0.1) is 0 Å². The summed E-state index contributed by atoms with van der Waals surface area (Å²) in [5.41, 5.74) is 6.31. The van der Waals surface area contributed by atoms with Gasteiger partial charge in [-0.25, -0.2) is 18.2 Å².